The molecule has 0 saturated carbocycles. The van der Waals surface area contributed by atoms with E-state index >= 15 is 0 Å². The molecule has 8 heteroatoms. The lowest BCUT2D eigenvalue weighted by Crippen LogP contribution is -2.27. The van der Waals surface area contributed by atoms with Crippen LogP contribution in [0.2, 0.25) is 0 Å². The molecule has 3 rings (SSSR count). The van der Waals surface area contributed by atoms with Crippen LogP contribution >= 0.6 is 0 Å². The highest BCUT2D eigenvalue weighted by Gasteiger charge is 2.42. The van der Waals surface area contributed by atoms with Crippen molar-refractivity contribution in [2.75, 3.05) is 6.54 Å². The molecule has 0 aromatic carbocycles. The van der Waals surface area contributed by atoms with Crippen molar-refractivity contribution in [3.63, 3.8) is 0 Å². The van der Waals surface area contributed by atoms with E-state index in [-0.39, 0.29) is 29.0 Å². The van der Waals surface area contributed by atoms with Crippen molar-refractivity contribution in [2.45, 2.75) is 46.4 Å². The zero-order valence-electron chi connectivity index (χ0n) is 14.8. The van der Waals surface area contributed by atoms with Gasteiger partial charge in [0.25, 0.3) is 0 Å². The quantitative estimate of drug-likeness (QED) is 0.786. The number of aromatic nitrogens is 1. The predicted octanol–water partition coefficient (Wildman–Crippen LogP) is 1.46. The number of aliphatic hydroxyl groups excluding tert-OH is 1. The first-order valence-corrected chi connectivity index (χ1v) is 8.44. The Kier molecular flexibility index (Phi) is 4.53. The summed E-state index contributed by atoms with van der Waals surface area (Å²) in [7, 11) is 0. The van der Waals surface area contributed by atoms with E-state index in [1.165, 1.54) is 13.8 Å². The Morgan fingerprint density at radius 3 is 2.62 bits per heavy atom. The molecule has 0 bridgehead atoms. The van der Waals surface area contributed by atoms with Crippen LogP contribution in [0.1, 0.15) is 65.4 Å². The lowest BCUT2D eigenvalue weighted by atomic mass is 9.84. The van der Waals surface area contributed by atoms with Crippen molar-refractivity contribution < 1.29 is 29.0 Å². The zero-order valence-corrected chi connectivity index (χ0v) is 14.8. The van der Waals surface area contributed by atoms with Crippen molar-refractivity contribution in [1.82, 2.24) is 9.88 Å². The highest BCUT2D eigenvalue weighted by molar-refractivity contribution is 6.36. The fourth-order valence-electron chi connectivity index (χ4n) is 3.66. The molecule has 2 N–H and O–H groups in total. The van der Waals surface area contributed by atoms with Crippen LogP contribution in [-0.2, 0) is 22.7 Å². The van der Waals surface area contributed by atoms with Gasteiger partial charge in [0, 0.05) is 24.2 Å². The van der Waals surface area contributed by atoms with E-state index in [0.717, 1.165) is 0 Å². The molecule has 0 spiro atoms. The number of alkyl carbamates (subject to hydrolysis) is 1. The largest absolute Gasteiger partial charge is 0.445 e. The molecule has 2 heterocycles. The van der Waals surface area contributed by atoms with Gasteiger partial charge in [-0.1, -0.05) is 0 Å². The summed E-state index contributed by atoms with van der Waals surface area (Å²) in [5, 5.41) is 12.8. The first kappa shape index (κ1) is 18.1. The maximum absolute atomic E-state index is 12.9. The molecule has 0 fully saturated rings. The molecule has 1 atom stereocenters. The van der Waals surface area contributed by atoms with Crippen molar-refractivity contribution in [1.29, 1.82) is 0 Å². The number of Topliss-reactive ketones (excluding diaryl/α,β-unsaturated/α-hetero) is 3. The van der Waals surface area contributed by atoms with Crippen molar-refractivity contribution in [3.05, 3.63) is 33.7 Å². The van der Waals surface area contributed by atoms with E-state index in [1.807, 2.05) is 0 Å². The van der Waals surface area contributed by atoms with Gasteiger partial charge in [-0.2, -0.15) is 0 Å². The molecule has 8 nitrogen and oxygen atoms in total. The topological polar surface area (TPSA) is 115 Å². The second-order valence-electron chi connectivity index (χ2n) is 6.36. The summed E-state index contributed by atoms with van der Waals surface area (Å²) in [6.07, 6.45) is -1.13. The molecule has 1 aliphatic carbocycles. The van der Waals surface area contributed by atoms with E-state index in [4.69, 9.17) is 4.74 Å². The predicted molar refractivity (Wildman–Crippen MR) is 89.9 cm³/mol. The maximum Gasteiger partial charge on any atom is 0.407 e. The molecular weight excluding hydrogens is 340 g/mol. The van der Waals surface area contributed by atoms with Crippen molar-refractivity contribution in [3.8, 4) is 0 Å². The lowest BCUT2D eigenvalue weighted by molar-refractivity contribution is -0.113. The fourth-order valence-corrected chi connectivity index (χ4v) is 3.66. The Labute approximate surface area is 149 Å². The Morgan fingerprint density at radius 1 is 1.31 bits per heavy atom. The molecular formula is C18H20N2O6. The number of rotatable bonds is 4. The molecule has 1 unspecified atom stereocenters. The fraction of sp³-hybridized carbons (Fsp3) is 0.444. The number of carbonyl (C=O) groups is 4. The summed E-state index contributed by atoms with van der Waals surface area (Å²) in [5.74, 6) is -1.47. The highest BCUT2D eigenvalue weighted by Crippen LogP contribution is 2.40. The number of ketones is 3. The molecule has 138 valence electrons. The molecule has 2 aliphatic rings. The van der Waals surface area contributed by atoms with E-state index in [9.17, 15) is 24.3 Å². The van der Waals surface area contributed by atoms with Crippen LogP contribution in [-0.4, -0.2) is 39.7 Å². The van der Waals surface area contributed by atoms with Crippen LogP contribution in [0.4, 0.5) is 4.79 Å². The molecule has 26 heavy (non-hydrogen) atoms. The van der Waals surface area contributed by atoms with Gasteiger partial charge in [-0.3, -0.25) is 14.4 Å². The number of fused-ring (bicyclic) bond motifs is 3. The van der Waals surface area contributed by atoms with Crippen LogP contribution in [0, 0.1) is 0 Å². The second-order valence-corrected chi connectivity index (χ2v) is 6.36. The van der Waals surface area contributed by atoms with Gasteiger partial charge in [-0.25, -0.2) is 4.79 Å². The molecule has 1 aromatic heterocycles. The number of ether oxygens (including phenoxy) is 1. The Balaban J connectivity index is 2.14. The van der Waals surface area contributed by atoms with Crippen molar-refractivity contribution >= 4 is 23.4 Å². The maximum atomic E-state index is 12.9. The summed E-state index contributed by atoms with van der Waals surface area (Å²) in [6, 6.07) is 0. The molecule has 0 saturated heterocycles. The summed E-state index contributed by atoms with van der Waals surface area (Å²) in [5.41, 5.74) is 0.871. The summed E-state index contributed by atoms with van der Waals surface area (Å²) < 4.78 is 6.74. The molecule has 1 aliphatic heterocycles. The number of nitrogens with one attached hydrogen (secondary N) is 1. The van der Waals surface area contributed by atoms with E-state index in [0.29, 0.717) is 30.8 Å². The number of carbonyl (C=O) groups excluding carboxylic acids is 4. The number of hydrogen-bond acceptors (Lipinski definition) is 6. The third kappa shape index (κ3) is 2.57. The van der Waals surface area contributed by atoms with Gasteiger partial charge in [-0.05, 0) is 27.2 Å². The average Bonchev–Trinajstić information content (AvgIpc) is 3.09. The first-order chi connectivity index (χ1) is 12.3. The minimum absolute atomic E-state index is 0.0591. The van der Waals surface area contributed by atoms with Crippen LogP contribution < -0.4 is 5.32 Å². The third-order valence-corrected chi connectivity index (χ3v) is 4.76. The highest BCUT2D eigenvalue weighted by atomic mass is 16.5. The Bertz CT molecular complexity index is 877. The smallest absolute Gasteiger partial charge is 0.407 e. The zero-order chi connectivity index (χ0) is 19.2. The number of amides is 1. The minimum atomic E-state index is -0.866. The van der Waals surface area contributed by atoms with E-state index < -0.39 is 29.5 Å². The number of aliphatic hydroxyl groups is 1. The second kappa shape index (κ2) is 6.53. The number of nitrogens with zero attached hydrogens (tertiary/aromatic N) is 1. The van der Waals surface area contributed by atoms with Gasteiger partial charge in [0.05, 0.1) is 22.9 Å². The molecule has 1 amide bonds. The number of hydrogen-bond donors (Lipinski definition) is 2. The standard InChI is InChI=1S/C18H20N2O6/c1-4-19-18(25)26-7-10-13-15(20-6-5-11(22)14(10)20)16(23)8(2)12(9(3)21)17(13)24/h11,22H,4-7H2,1-3H3,(H,19,25). The number of allylic oxidation sites excluding steroid dienone is 2. The Hall–Kier alpha value is -2.74. The lowest BCUT2D eigenvalue weighted by Gasteiger charge is -2.17. The van der Waals surface area contributed by atoms with Gasteiger partial charge in [-0.15, -0.1) is 0 Å². The van der Waals surface area contributed by atoms with E-state index in [2.05, 4.69) is 5.32 Å². The normalized spacial score (nSPS) is 18.7. The van der Waals surface area contributed by atoms with E-state index in [1.54, 1.807) is 11.5 Å². The average molecular weight is 360 g/mol. The first-order valence-electron chi connectivity index (χ1n) is 8.44. The summed E-state index contributed by atoms with van der Waals surface area (Å²) in [6.45, 7) is 4.91. The summed E-state index contributed by atoms with van der Waals surface area (Å²) >= 11 is 0. The van der Waals surface area contributed by atoms with Crippen molar-refractivity contribution in [2.24, 2.45) is 0 Å². The Morgan fingerprint density at radius 2 is 2.00 bits per heavy atom. The molecule has 0 radical (unpaired) electrons. The minimum Gasteiger partial charge on any atom is -0.445 e. The monoisotopic (exact) mass is 360 g/mol. The third-order valence-electron chi connectivity index (χ3n) is 4.76. The van der Waals surface area contributed by atoms with Gasteiger partial charge in [0.2, 0.25) is 5.78 Å². The molecule has 1 aromatic rings. The van der Waals surface area contributed by atoms with Crippen LogP contribution in [0.25, 0.3) is 0 Å². The summed E-state index contributed by atoms with van der Waals surface area (Å²) in [4.78, 5) is 49.3. The van der Waals surface area contributed by atoms with Gasteiger partial charge < -0.3 is 19.7 Å². The van der Waals surface area contributed by atoms with Gasteiger partial charge >= 0.3 is 6.09 Å². The van der Waals surface area contributed by atoms with Crippen LogP contribution in [0.5, 0.6) is 0 Å². The SMILES string of the molecule is CCNC(=O)OCc1c2c(n3c1C(O)CC3)C(=O)C(C)=C(C(C)=O)C2=O. The van der Waals surface area contributed by atoms with Crippen LogP contribution in [0.3, 0.4) is 0 Å². The van der Waals surface area contributed by atoms with Gasteiger partial charge in [0.15, 0.2) is 11.6 Å². The van der Waals surface area contributed by atoms with Gasteiger partial charge in [0.1, 0.15) is 12.3 Å². The van der Waals surface area contributed by atoms with Crippen LogP contribution in [0.15, 0.2) is 11.1 Å².